The Morgan fingerprint density at radius 1 is 1.25 bits per heavy atom. The normalized spacial score (nSPS) is 14.7. The van der Waals surface area contributed by atoms with Crippen LogP contribution in [0, 0.1) is 11.3 Å². The molecule has 0 bridgehead atoms. The highest BCUT2D eigenvalue weighted by Crippen LogP contribution is 2.27. The molecule has 0 aromatic carbocycles. The fourth-order valence-corrected chi connectivity index (χ4v) is 3.06. The third kappa shape index (κ3) is 7.47. The average Bonchev–Trinajstić information content (AvgIpc) is 1.98. The largest absolute Gasteiger partial charge is 0.351 e. The SMILES string of the molecule is CC(CCI)C(=O)NC(C)(C)CC(C)(C)C. The summed E-state index contributed by atoms with van der Waals surface area (Å²) in [7, 11) is 0. The molecule has 96 valence electrons. The van der Waals surface area contributed by atoms with E-state index in [0.29, 0.717) is 0 Å². The summed E-state index contributed by atoms with van der Waals surface area (Å²) in [4.78, 5) is 11.9. The monoisotopic (exact) mass is 339 g/mol. The molecule has 3 heteroatoms. The van der Waals surface area contributed by atoms with Gasteiger partial charge in [-0.2, -0.15) is 0 Å². The van der Waals surface area contributed by atoms with Gasteiger partial charge in [-0.1, -0.05) is 50.3 Å². The summed E-state index contributed by atoms with van der Waals surface area (Å²) >= 11 is 2.32. The summed E-state index contributed by atoms with van der Waals surface area (Å²) in [6.45, 7) is 12.8. The minimum atomic E-state index is -0.116. The first kappa shape index (κ1) is 16.2. The van der Waals surface area contributed by atoms with Crippen LogP contribution in [-0.2, 0) is 4.79 Å². The molecule has 1 atom stereocenters. The van der Waals surface area contributed by atoms with Crippen molar-refractivity contribution in [1.29, 1.82) is 0 Å². The topological polar surface area (TPSA) is 29.1 Å². The molecule has 0 saturated carbocycles. The van der Waals surface area contributed by atoms with E-state index in [1.807, 2.05) is 6.92 Å². The molecular formula is C13H26INO. The van der Waals surface area contributed by atoms with Crippen molar-refractivity contribution < 1.29 is 4.79 Å². The number of rotatable bonds is 5. The number of carbonyl (C=O) groups is 1. The van der Waals surface area contributed by atoms with Gasteiger partial charge in [0.2, 0.25) is 5.91 Å². The molecule has 0 radical (unpaired) electrons. The van der Waals surface area contributed by atoms with Gasteiger partial charge in [0.25, 0.3) is 0 Å². The minimum Gasteiger partial charge on any atom is -0.351 e. The van der Waals surface area contributed by atoms with E-state index in [1.165, 1.54) is 0 Å². The van der Waals surface area contributed by atoms with Gasteiger partial charge in [-0.15, -0.1) is 0 Å². The maximum Gasteiger partial charge on any atom is 0.223 e. The lowest BCUT2D eigenvalue weighted by molar-refractivity contribution is -0.126. The van der Waals surface area contributed by atoms with Gasteiger partial charge in [-0.05, 0) is 32.1 Å². The van der Waals surface area contributed by atoms with Crippen molar-refractivity contribution >= 4 is 28.5 Å². The van der Waals surface area contributed by atoms with Crippen LogP contribution in [0.1, 0.15) is 54.4 Å². The third-order valence-corrected chi connectivity index (χ3v) is 3.05. The maximum atomic E-state index is 11.9. The van der Waals surface area contributed by atoms with E-state index in [1.54, 1.807) is 0 Å². The number of carbonyl (C=O) groups excluding carboxylic acids is 1. The molecule has 0 saturated heterocycles. The molecule has 1 N–H and O–H groups in total. The van der Waals surface area contributed by atoms with Gasteiger partial charge in [-0.3, -0.25) is 4.79 Å². The van der Waals surface area contributed by atoms with E-state index in [-0.39, 0.29) is 22.8 Å². The Morgan fingerprint density at radius 2 is 1.75 bits per heavy atom. The molecular weight excluding hydrogens is 313 g/mol. The highest BCUT2D eigenvalue weighted by atomic mass is 127. The van der Waals surface area contributed by atoms with Crippen molar-refractivity contribution in [2.45, 2.75) is 59.9 Å². The lowest BCUT2D eigenvalue weighted by atomic mass is 9.81. The van der Waals surface area contributed by atoms with Crippen molar-refractivity contribution in [3.8, 4) is 0 Å². The first-order chi connectivity index (χ1) is 7.07. The second-order valence-corrected chi connectivity index (χ2v) is 7.57. The number of hydrogen-bond donors (Lipinski definition) is 1. The molecule has 0 aliphatic carbocycles. The van der Waals surface area contributed by atoms with Crippen LogP contribution in [0.25, 0.3) is 0 Å². The van der Waals surface area contributed by atoms with Crippen molar-refractivity contribution in [3.05, 3.63) is 0 Å². The Kier molecular flexibility index (Phi) is 6.30. The van der Waals surface area contributed by atoms with Crippen molar-refractivity contribution in [3.63, 3.8) is 0 Å². The molecule has 1 amide bonds. The third-order valence-electron chi connectivity index (χ3n) is 2.42. The molecule has 16 heavy (non-hydrogen) atoms. The molecule has 0 aromatic rings. The van der Waals surface area contributed by atoms with Gasteiger partial charge in [-0.25, -0.2) is 0 Å². The van der Waals surface area contributed by atoms with E-state index < -0.39 is 0 Å². The molecule has 0 aliphatic rings. The van der Waals surface area contributed by atoms with Crippen LogP contribution in [0.4, 0.5) is 0 Å². The quantitative estimate of drug-likeness (QED) is 0.599. The Morgan fingerprint density at radius 3 is 2.12 bits per heavy atom. The fraction of sp³-hybridized carbons (Fsp3) is 0.923. The van der Waals surface area contributed by atoms with E-state index in [2.05, 4.69) is 62.5 Å². The fourth-order valence-electron chi connectivity index (χ4n) is 2.12. The zero-order valence-electron chi connectivity index (χ0n) is 11.5. The van der Waals surface area contributed by atoms with Crippen LogP contribution in [0.2, 0.25) is 0 Å². The summed E-state index contributed by atoms with van der Waals surface area (Å²) in [5.41, 5.74) is 0.123. The second kappa shape index (κ2) is 6.22. The Labute approximate surface area is 114 Å². The smallest absolute Gasteiger partial charge is 0.223 e. The van der Waals surface area contributed by atoms with Gasteiger partial charge >= 0.3 is 0 Å². The average molecular weight is 339 g/mol. The van der Waals surface area contributed by atoms with Crippen LogP contribution >= 0.6 is 22.6 Å². The van der Waals surface area contributed by atoms with E-state index in [0.717, 1.165) is 17.3 Å². The van der Waals surface area contributed by atoms with Crippen LogP contribution in [0.3, 0.4) is 0 Å². The molecule has 0 aromatic heterocycles. The Hall–Kier alpha value is 0.200. The van der Waals surface area contributed by atoms with Gasteiger partial charge in [0, 0.05) is 15.9 Å². The van der Waals surface area contributed by atoms with Gasteiger partial charge in [0.1, 0.15) is 0 Å². The van der Waals surface area contributed by atoms with Crippen LogP contribution in [0.5, 0.6) is 0 Å². The number of alkyl halides is 1. The minimum absolute atomic E-state index is 0.116. The van der Waals surface area contributed by atoms with Crippen LogP contribution in [0.15, 0.2) is 0 Å². The summed E-state index contributed by atoms with van der Waals surface area (Å²) in [6.07, 6.45) is 1.95. The predicted molar refractivity (Wildman–Crippen MR) is 79.0 cm³/mol. The number of amides is 1. The van der Waals surface area contributed by atoms with Crippen molar-refractivity contribution in [2.75, 3.05) is 4.43 Å². The van der Waals surface area contributed by atoms with E-state index >= 15 is 0 Å². The highest BCUT2D eigenvalue weighted by Gasteiger charge is 2.28. The van der Waals surface area contributed by atoms with E-state index in [9.17, 15) is 4.79 Å². The molecule has 0 spiro atoms. The molecule has 0 heterocycles. The van der Waals surface area contributed by atoms with Gasteiger partial charge in [0.15, 0.2) is 0 Å². The Balaban J connectivity index is 4.30. The molecule has 0 fully saturated rings. The van der Waals surface area contributed by atoms with Crippen LogP contribution in [-0.4, -0.2) is 15.9 Å². The maximum absolute atomic E-state index is 11.9. The van der Waals surface area contributed by atoms with Gasteiger partial charge in [0.05, 0.1) is 0 Å². The number of nitrogens with one attached hydrogen (secondary N) is 1. The highest BCUT2D eigenvalue weighted by molar-refractivity contribution is 14.1. The molecule has 2 nitrogen and oxygen atoms in total. The number of hydrogen-bond acceptors (Lipinski definition) is 1. The first-order valence-electron chi connectivity index (χ1n) is 5.95. The predicted octanol–water partition coefficient (Wildman–Crippen LogP) is 3.78. The van der Waals surface area contributed by atoms with Crippen molar-refractivity contribution in [2.24, 2.45) is 11.3 Å². The number of halogens is 1. The lowest BCUT2D eigenvalue weighted by Gasteiger charge is -2.34. The zero-order valence-corrected chi connectivity index (χ0v) is 13.6. The first-order valence-corrected chi connectivity index (χ1v) is 7.48. The molecule has 0 aliphatic heterocycles. The Bertz CT molecular complexity index is 231. The van der Waals surface area contributed by atoms with E-state index in [4.69, 9.17) is 0 Å². The molecule has 1 unspecified atom stereocenters. The van der Waals surface area contributed by atoms with Crippen molar-refractivity contribution in [1.82, 2.24) is 5.32 Å². The van der Waals surface area contributed by atoms with Crippen LogP contribution < -0.4 is 5.32 Å². The standard InChI is InChI=1S/C13H26INO/c1-10(7-8-14)11(16)15-13(5,6)9-12(2,3)4/h10H,7-9H2,1-6H3,(H,15,16). The van der Waals surface area contributed by atoms with Gasteiger partial charge < -0.3 is 5.32 Å². The summed E-state index contributed by atoms with van der Waals surface area (Å²) < 4.78 is 1.03. The molecule has 0 rings (SSSR count). The lowest BCUT2D eigenvalue weighted by Crippen LogP contribution is -2.47. The summed E-state index contributed by atoms with van der Waals surface area (Å²) in [5.74, 6) is 0.307. The zero-order chi connectivity index (χ0) is 13.0. The summed E-state index contributed by atoms with van der Waals surface area (Å²) in [5, 5.41) is 3.16. The second-order valence-electron chi connectivity index (χ2n) is 6.49. The summed E-state index contributed by atoms with van der Waals surface area (Å²) in [6, 6.07) is 0.